The van der Waals surface area contributed by atoms with Crippen molar-refractivity contribution in [2.24, 2.45) is 0 Å². The molecule has 0 saturated carbocycles. The number of hydrogen-bond donors (Lipinski definition) is 1. The molecule has 3 nitrogen and oxygen atoms in total. The maximum absolute atomic E-state index is 12.5. The average molecular weight is 320 g/mol. The molecule has 0 aliphatic carbocycles. The zero-order valence-corrected chi connectivity index (χ0v) is 11.6. The lowest BCUT2D eigenvalue weighted by atomic mass is 10.3. The third-order valence-electron chi connectivity index (χ3n) is 2.36. The fourth-order valence-electron chi connectivity index (χ4n) is 1.36. The maximum Gasteiger partial charge on any atom is 0.417 e. The molecule has 0 spiro atoms. The molecule has 0 aliphatic heterocycles. The molecule has 0 fully saturated rings. The molecule has 106 valence electrons. The predicted molar refractivity (Wildman–Crippen MR) is 72.5 cm³/mol. The number of halogens is 4. The van der Waals surface area contributed by atoms with Gasteiger partial charge in [-0.05, 0) is 17.7 Å². The highest BCUT2D eigenvalue weighted by atomic mass is 35.5. The van der Waals surface area contributed by atoms with Crippen molar-refractivity contribution in [1.29, 1.82) is 0 Å². The van der Waals surface area contributed by atoms with Gasteiger partial charge in [-0.15, -0.1) is 11.8 Å². The standard InChI is InChI=1S/C12H9ClF3N3S/c13-9-3-8(12(14,15)16)5-19-11(9)20-6-7-1-2-10(17)18-4-7/h1-5H,6H2,(H2,17,18). The normalized spacial score (nSPS) is 11.6. The summed E-state index contributed by atoms with van der Waals surface area (Å²) in [4.78, 5) is 7.67. The molecule has 0 amide bonds. The van der Waals surface area contributed by atoms with E-state index < -0.39 is 11.7 Å². The second-order valence-corrected chi connectivity index (χ2v) is 5.26. The topological polar surface area (TPSA) is 51.8 Å². The Bertz CT molecular complexity index is 602. The van der Waals surface area contributed by atoms with Gasteiger partial charge >= 0.3 is 6.18 Å². The Labute approximate surface area is 122 Å². The van der Waals surface area contributed by atoms with Crippen molar-refractivity contribution in [3.63, 3.8) is 0 Å². The summed E-state index contributed by atoms with van der Waals surface area (Å²) in [6.07, 6.45) is -2.07. The summed E-state index contributed by atoms with van der Waals surface area (Å²) in [5.41, 5.74) is 5.47. The van der Waals surface area contributed by atoms with Crippen LogP contribution in [0, 0.1) is 0 Å². The molecule has 0 radical (unpaired) electrons. The molecule has 0 aromatic carbocycles. The number of thioether (sulfide) groups is 1. The average Bonchev–Trinajstić information content (AvgIpc) is 2.38. The Balaban J connectivity index is 2.08. The number of aromatic nitrogens is 2. The Morgan fingerprint density at radius 2 is 1.95 bits per heavy atom. The van der Waals surface area contributed by atoms with Gasteiger partial charge in [0, 0.05) is 18.1 Å². The summed E-state index contributed by atoms with van der Waals surface area (Å²) in [6.45, 7) is 0. The molecular weight excluding hydrogens is 311 g/mol. The first kappa shape index (κ1) is 14.9. The van der Waals surface area contributed by atoms with E-state index in [0.29, 0.717) is 16.6 Å². The summed E-state index contributed by atoms with van der Waals surface area (Å²) < 4.78 is 37.4. The lowest BCUT2D eigenvalue weighted by Gasteiger charge is -2.08. The zero-order chi connectivity index (χ0) is 14.8. The minimum absolute atomic E-state index is 0.0202. The monoisotopic (exact) mass is 319 g/mol. The molecule has 2 N–H and O–H groups in total. The van der Waals surface area contributed by atoms with Crippen molar-refractivity contribution in [3.05, 3.63) is 46.7 Å². The lowest BCUT2D eigenvalue weighted by Crippen LogP contribution is -2.05. The SMILES string of the molecule is Nc1ccc(CSc2ncc(C(F)(F)F)cc2Cl)cn1. The molecule has 2 aromatic rings. The van der Waals surface area contributed by atoms with Crippen LogP contribution in [0.25, 0.3) is 0 Å². The van der Waals surface area contributed by atoms with Gasteiger partial charge in [0.2, 0.25) is 0 Å². The Morgan fingerprint density at radius 1 is 1.20 bits per heavy atom. The van der Waals surface area contributed by atoms with E-state index in [9.17, 15) is 13.2 Å². The molecule has 0 bridgehead atoms. The van der Waals surface area contributed by atoms with Crippen LogP contribution in [-0.4, -0.2) is 9.97 Å². The molecular formula is C12H9ClF3N3S. The number of nitrogen functional groups attached to an aromatic ring is 1. The van der Waals surface area contributed by atoms with Gasteiger partial charge in [0.1, 0.15) is 10.8 Å². The number of nitrogens with zero attached hydrogens (tertiary/aromatic N) is 2. The van der Waals surface area contributed by atoms with Crippen LogP contribution < -0.4 is 5.73 Å². The van der Waals surface area contributed by atoms with E-state index in [4.69, 9.17) is 17.3 Å². The summed E-state index contributed by atoms with van der Waals surface area (Å²) in [6, 6.07) is 4.31. The van der Waals surface area contributed by atoms with Crippen molar-refractivity contribution in [2.75, 3.05) is 5.73 Å². The lowest BCUT2D eigenvalue weighted by molar-refractivity contribution is -0.137. The van der Waals surface area contributed by atoms with Gasteiger partial charge in [-0.3, -0.25) is 0 Å². The fraction of sp³-hybridized carbons (Fsp3) is 0.167. The van der Waals surface area contributed by atoms with E-state index in [-0.39, 0.29) is 5.02 Å². The van der Waals surface area contributed by atoms with Crippen LogP contribution >= 0.6 is 23.4 Å². The molecule has 0 unspecified atom stereocenters. The molecule has 0 saturated heterocycles. The summed E-state index contributed by atoms with van der Waals surface area (Å²) >= 11 is 7.04. The highest BCUT2D eigenvalue weighted by molar-refractivity contribution is 7.98. The molecule has 2 aromatic heterocycles. The quantitative estimate of drug-likeness (QED) is 0.868. The number of nitrogens with two attached hydrogens (primary N) is 1. The first-order chi connectivity index (χ1) is 9.36. The first-order valence-electron chi connectivity index (χ1n) is 5.42. The largest absolute Gasteiger partial charge is 0.417 e. The number of hydrogen-bond acceptors (Lipinski definition) is 4. The van der Waals surface area contributed by atoms with E-state index in [1.54, 1.807) is 18.3 Å². The second kappa shape index (κ2) is 5.88. The Morgan fingerprint density at radius 3 is 2.50 bits per heavy atom. The molecule has 0 atom stereocenters. The highest BCUT2D eigenvalue weighted by Crippen LogP contribution is 2.34. The third kappa shape index (κ3) is 3.77. The van der Waals surface area contributed by atoms with E-state index in [2.05, 4.69) is 9.97 Å². The smallest absolute Gasteiger partial charge is 0.384 e. The molecule has 0 aliphatic rings. The molecule has 2 heterocycles. The number of rotatable bonds is 3. The van der Waals surface area contributed by atoms with Gasteiger partial charge in [0.25, 0.3) is 0 Å². The second-order valence-electron chi connectivity index (χ2n) is 3.89. The van der Waals surface area contributed by atoms with Crippen LogP contribution in [0.4, 0.5) is 19.0 Å². The molecule has 8 heteroatoms. The van der Waals surface area contributed by atoms with Crippen molar-refractivity contribution in [3.8, 4) is 0 Å². The zero-order valence-electron chi connectivity index (χ0n) is 9.99. The number of alkyl halides is 3. The Hall–Kier alpha value is -1.47. The van der Waals surface area contributed by atoms with Gasteiger partial charge < -0.3 is 5.73 Å². The highest BCUT2D eigenvalue weighted by Gasteiger charge is 2.31. The van der Waals surface area contributed by atoms with Gasteiger partial charge in [0.05, 0.1) is 10.6 Å². The van der Waals surface area contributed by atoms with Crippen molar-refractivity contribution < 1.29 is 13.2 Å². The minimum atomic E-state index is -4.44. The van der Waals surface area contributed by atoms with Crippen molar-refractivity contribution in [1.82, 2.24) is 9.97 Å². The van der Waals surface area contributed by atoms with Gasteiger partial charge in [0.15, 0.2) is 0 Å². The van der Waals surface area contributed by atoms with E-state index >= 15 is 0 Å². The van der Waals surface area contributed by atoms with Gasteiger partial charge in [-0.25, -0.2) is 9.97 Å². The van der Waals surface area contributed by atoms with Crippen LogP contribution in [0.2, 0.25) is 5.02 Å². The number of anilines is 1. The third-order valence-corrected chi connectivity index (χ3v) is 3.83. The fourth-order valence-corrected chi connectivity index (χ4v) is 2.49. The molecule has 2 rings (SSSR count). The first-order valence-corrected chi connectivity index (χ1v) is 6.78. The minimum Gasteiger partial charge on any atom is -0.384 e. The maximum atomic E-state index is 12.5. The van der Waals surface area contributed by atoms with Crippen LogP contribution in [0.5, 0.6) is 0 Å². The van der Waals surface area contributed by atoms with Crippen molar-refractivity contribution in [2.45, 2.75) is 17.0 Å². The van der Waals surface area contributed by atoms with Crippen LogP contribution in [0.15, 0.2) is 35.6 Å². The summed E-state index contributed by atoms with van der Waals surface area (Å²) in [7, 11) is 0. The van der Waals surface area contributed by atoms with Gasteiger partial charge in [-0.1, -0.05) is 17.7 Å². The van der Waals surface area contributed by atoms with E-state index in [0.717, 1.165) is 17.8 Å². The number of pyridine rings is 2. The van der Waals surface area contributed by atoms with E-state index in [1.807, 2.05) is 0 Å². The van der Waals surface area contributed by atoms with E-state index in [1.165, 1.54) is 11.8 Å². The Kier molecular flexibility index (Phi) is 4.39. The summed E-state index contributed by atoms with van der Waals surface area (Å²) in [5.74, 6) is 0.898. The van der Waals surface area contributed by atoms with Crippen LogP contribution in [0.1, 0.15) is 11.1 Å². The molecule has 20 heavy (non-hydrogen) atoms. The predicted octanol–water partition coefficient (Wildman–Crippen LogP) is 4.02. The summed E-state index contributed by atoms with van der Waals surface area (Å²) in [5, 5.41) is 0.324. The van der Waals surface area contributed by atoms with Crippen LogP contribution in [-0.2, 0) is 11.9 Å². The van der Waals surface area contributed by atoms with Gasteiger partial charge in [-0.2, -0.15) is 13.2 Å². The van der Waals surface area contributed by atoms with Crippen molar-refractivity contribution >= 4 is 29.2 Å². The van der Waals surface area contributed by atoms with Crippen LogP contribution in [0.3, 0.4) is 0 Å².